The van der Waals surface area contributed by atoms with Crippen molar-refractivity contribution in [1.29, 1.82) is 0 Å². The average molecular weight is 423 g/mol. The number of nitrogens with zero attached hydrogens (tertiary/aromatic N) is 2. The van der Waals surface area contributed by atoms with E-state index in [0.717, 1.165) is 64.6 Å². The summed E-state index contributed by atoms with van der Waals surface area (Å²) in [5.41, 5.74) is 0. The number of ether oxygens (including phenoxy) is 2. The van der Waals surface area contributed by atoms with E-state index in [0.29, 0.717) is 0 Å². The first-order valence-electron chi connectivity index (χ1n) is 8.22. The summed E-state index contributed by atoms with van der Waals surface area (Å²) in [6.45, 7) is 9.28. The summed E-state index contributed by atoms with van der Waals surface area (Å²) in [5.74, 6) is 1.01. The van der Waals surface area contributed by atoms with Crippen molar-refractivity contribution in [3.05, 3.63) is 12.2 Å². The highest BCUT2D eigenvalue weighted by Crippen LogP contribution is 2.21. The van der Waals surface area contributed by atoms with Crippen molar-refractivity contribution >= 4 is 29.9 Å². The maximum Gasteiger partial charge on any atom is 0.194 e. The largest absolute Gasteiger partial charge is 0.375 e. The van der Waals surface area contributed by atoms with E-state index >= 15 is 0 Å². The van der Waals surface area contributed by atoms with Crippen molar-refractivity contribution in [2.45, 2.75) is 45.3 Å². The molecule has 2 fully saturated rings. The first-order chi connectivity index (χ1) is 10.3. The van der Waals surface area contributed by atoms with Gasteiger partial charge in [-0.2, -0.15) is 0 Å². The molecule has 0 aromatic carbocycles. The Morgan fingerprint density at radius 1 is 1.32 bits per heavy atom. The molecule has 0 radical (unpaired) electrons. The Morgan fingerprint density at radius 3 is 2.82 bits per heavy atom. The van der Waals surface area contributed by atoms with Crippen LogP contribution in [0.3, 0.4) is 0 Å². The molecule has 0 aromatic rings. The third kappa shape index (κ3) is 6.04. The lowest BCUT2D eigenvalue weighted by molar-refractivity contribution is -0.0817. The van der Waals surface area contributed by atoms with Crippen LogP contribution in [0.2, 0.25) is 0 Å². The molecular weight excluding hydrogens is 393 g/mol. The van der Waals surface area contributed by atoms with E-state index in [4.69, 9.17) is 14.5 Å². The van der Waals surface area contributed by atoms with Crippen LogP contribution < -0.4 is 5.32 Å². The molecule has 0 amide bonds. The molecule has 2 rings (SSSR count). The van der Waals surface area contributed by atoms with Gasteiger partial charge in [0, 0.05) is 32.8 Å². The predicted octanol–water partition coefficient (Wildman–Crippen LogP) is 2.42. The molecule has 1 N–H and O–H groups in total. The fraction of sp³-hybridized carbons (Fsp3) is 0.812. The first kappa shape index (κ1) is 19.7. The zero-order valence-electron chi connectivity index (χ0n) is 13.8. The molecule has 6 heteroatoms. The van der Waals surface area contributed by atoms with Gasteiger partial charge in [0.15, 0.2) is 5.96 Å². The van der Waals surface area contributed by atoms with Gasteiger partial charge < -0.3 is 19.7 Å². The van der Waals surface area contributed by atoms with Gasteiger partial charge in [-0.25, -0.2) is 0 Å². The minimum atomic E-state index is 0. The van der Waals surface area contributed by atoms with Crippen molar-refractivity contribution in [2.24, 2.45) is 4.99 Å². The van der Waals surface area contributed by atoms with Crippen LogP contribution in [0.1, 0.15) is 33.1 Å². The van der Waals surface area contributed by atoms with Crippen molar-refractivity contribution in [1.82, 2.24) is 10.2 Å². The Balaban J connectivity index is 0.00000242. The minimum absolute atomic E-state index is 0. The third-order valence-corrected chi connectivity index (χ3v) is 3.90. The molecule has 0 spiro atoms. The molecule has 0 saturated carbocycles. The molecule has 2 heterocycles. The van der Waals surface area contributed by atoms with Crippen LogP contribution in [0, 0.1) is 0 Å². The summed E-state index contributed by atoms with van der Waals surface area (Å²) in [6, 6.07) is 0. The van der Waals surface area contributed by atoms with Crippen molar-refractivity contribution in [2.75, 3.05) is 39.4 Å². The van der Waals surface area contributed by atoms with Crippen molar-refractivity contribution < 1.29 is 9.47 Å². The van der Waals surface area contributed by atoms with Crippen LogP contribution in [-0.4, -0.2) is 62.5 Å². The molecule has 128 valence electrons. The van der Waals surface area contributed by atoms with Gasteiger partial charge in [0.1, 0.15) is 6.10 Å². The summed E-state index contributed by atoms with van der Waals surface area (Å²) in [6.07, 6.45) is 7.94. The second-order valence-corrected chi connectivity index (χ2v) is 5.50. The molecule has 2 aliphatic rings. The highest BCUT2D eigenvalue weighted by molar-refractivity contribution is 14.0. The highest BCUT2D eigenvalue weighted by Gasteiger charge is 2.32. The van der Waals surface area contributed by atoms with Gasteiger partial charge >= 0.3 is 0 Å². The van der Waals surface area contributed by atoms with Gasteiger partial charge in [0.25, 0.3) is 0 Å². The zero-order chi connectivity index (χ0) is 14.9. The number of hydrogen-bond acceptors (Lipinski definition) is 3. The Morgan fingerprint density at radius 2 is 2.14 bits per heavy atom. The number of rotatable bonds is 5. The van der Waals surface area contributed by atoms with E-state index in [2.05, 4.69) is 29.3 Å². The summed E-state index contributed by atoms with van der Waals surface area (Å²) < 4.78 is 11.7. The molecule has 22 heavy (non-hydrogen) atoms. The number of guanidine groups is 1. The van der Waals surface area contributed by atoms with Crippen LogP contribution >= 0.6 is 24.0 Å². The quantitative estimate of drug-likeness (QED) is 0.243. The van der Waals surface area contributed by atoms with Gasteiger partial charge in [-0.15, -0.1) is 24.0 Å². The zero-order valence-corrected chi connectivity index (χ0v) is 16.1. The fourth-order valence-electron chi connectivity index (χ4n) is 2.83. The van der Waals surface area contributed by atoms with E-state index < -0.39 is 0 Å². The number of nitrogens with one attached hydrogen (secondary N) is 1. The van der Waals surface area contributed by atoms with Gasteiger partial charge in [0.2, 0.25) is 0 Å². The maximum absolute atomic E-state index is 5.90. The number of halogens is 1. The Bertz CT molecular complexity index is 357. The van der Waals surface area contributed by atoms with Crippen LogP contribution in [-0.2, 0) is 9.47 Å². The maximum atomic E-state index is 5.90. The number of hydrogen-bond donors (Lipinski definition) is 1. The van der Waals surface area contributed by atoms with Gasteiger partial charge in [-0.05, 0) is 33.1 Å². The first-order valence-corrected chi connectivity index (χ1v) is 8.22. The van der Waals surface area contributed by atoms with Gasteiger partial charge in [-0.3, -0.25) is 4.99 Å². The topological polar surface area (TPSA) is 46.1 Å². The molecule has 5 nitrogen and oxygen atoms in total. The van der Waals surface area contributed by atoms with E-state index in [1.54, 1.807) is 0 Å². The molecule has 0 bridgehead atoms. The molecule has 2 saturated heterocycles. The molecule has 2 aliphatic heterocycles. The van der Waals surface area contributed by atoms with E-state index in [-0.39, 0.29) is 36.2 Å². The molecular formula is C16H30IN3O2. The SMILES string of the molecule is C/C=C/CCN=C(NCC)N1CCOC(C2CCCO2)C1.I. The standard InChI is InChI=1S/C16H29N3O2.HI/c1-3-5-6-9-18-16(17-4-2)19-10-12-21-15(13-19)14-8-7-11-20-14;/h3,5,14-15H,4,6-13H2,1-2H3,(H,17,18);1H/b5-3+;. The fourth-order valence-corrected chi connectivity index (χ4v) is 2.83. The molecule has 0 aromatic heterocycles. The molecule has 2 atom stereocenters. The Labute approximate surface area is 151 Å². The van der Waals surface area contributed by atoms with Crippen LogP contribution in [0.5, 0.6) is 0 Å². The second kappa shape index (κ2) is 11.2. The number of allylic oxidation sites excluding steroid dienone is 1. The number of morpholine rings is 1. The predicted molar refractivity (Wildman–Crippen MR) is 101 cm³/mol. The highest BCUT2D eigenvalue weighted by atomic mass is 127. The van der Waals surface area contributed by atoms with Crippen LogP contribution in [0.25, 0.3) is 0 Å². The Hall–Kier alpha value is -0.340. The second-order valence-electron chi connectivity index (χ2n) is 5.50. The summed E-state index contributed by atoms with van der Waals surface area (Å²) >= 11 is 0. The van der Waals surface area contributed by atoms with E-state index in [9.17, 15) is 0 Å². The Kier molecular flexibility index (Phi) is 10.1. The average Bonchev–Trinajstić information content (AvgIpc) is 3.05. The lowest BCUT2D eigenvalue weighted by Gasteiger charge is -2.37. The van der Waals surface area contributed by atoms with E-state index in [1.165, 1.54) is 0 Å². The van der Waals surface area contributed by atoms with Crippen LogP contribution in [0.4, 0.5) is 0 Å². The van der Waals surface area contributed by atoms with E-state index in [1.807, 2.05) is 6.92 Å². The third-order valence-electron chi connectivity index (χ3n) is 3.90. The normalized spacial score (nSPS) is 26.3. The monoisotopic (exact) mass is 423 g/mol. The molecule has 0 aliphatic carbocycles. The molecule has 2 unspecified atom stereocenters. The van der Waals surface area contributed by atoms with Crippen molar-refractivity contribution in [3.63, 3.8) is 0 Å². The summed E-state index contributed by atoms with van der Waals surface area (Å²) in [5, 5.41) is 3.40. The lowest BCUT2D eigenvalue weighted by atomic mass is 10.1. The summed E-state index contributed by atoms with van der Waals surface area (Å²) in [7, 11) is 0. The summed E-state index contributed by atoms with van der Waals surface area (Å²) in [4.78, 5) is 7.03. The van der Waals surface area contributed by atoms with Crippen LogP contribution in [0.15, 0.2) is 17.1 Å². The lowest BCUT2D eigenvalue weighted by Crippen LogP contribution is -2.53. The smallest absolute Gasteiger partial charge is 0.194 e. The van der Waals surface area contributed by atoms with Gasteiger partial charge in [0.05, 0.1) is 12.7 Å². The number of aliphatic imine (C=N–C) groups is 1. The van der Waals surface area contributed by atoms with Gasteiger partial charge in [-0.1, -0.05) is 12.2 Å². The minimum Gasteiger partial charge on any atom is -0.375 e. The van der Waals surface area contributed by atoms with Crippen molar-refractivity contribution in [3.8, 4) is 0 Å².